The fraction of sp³-hybridized carbons (Fsp3) is 0.538. The Labute approximate surface area is 196 Å². The molecule has 2 aliphatic rings. The summed E-state index contributed by atoms with van der Waals surface area (Å²) < 4.78 is 2.02. The van der Waals surface area contributed by atoms with Crippen LogP contribution in [0.2, 0.25) is 0 Å². The van der Waals surface area contributed by atoms with E-state index >= 15 is 0 Å². The lowest BCUT2D eigenvalue weighted by Gasteiger charge is -2.30. The fourth-order valence-electron chi connectivity index (χ4n) is 5.17. The largest absolute Gasteiger partial charge is 0.295 e. The van der Waals surface area contributed by atoms with Gasteiger partial charge in [-0.1, -0.05) is 55.3 Å². The molecule has 1 aromatic carbocycles. The molecule has 1 N–H and O–H groups in total. The third-order valence-electron chi connectivity index (χ3n) is 7.09. The molecule has 176 valence electrons. The monoisotopic (exact) mass is 449 g/mol. The minimum atomic E-state index is -0.298. The van der Waals surface area contributed by atoms with Gasteiger partial charge < -0.3 is 0 Å². The summed E-state index contributed by atoms with van der Waals surface area (Å²) in [7, 11) is 1.94. The Morgan fingerprint density at radius 3 is 2.76 bits per heavy atom. The van der Waals surface area contributed by atoms with Crippen LogP contribution in [0.15, 0.2) is 31.0 Å². The molecular formula is C26H35N5O2. The van der Waals surface area contributed by atoms with E-state index in [2.05, 4.69) is 46.6 Å². The number of likely N-dealkylation sites (N-methyl/N-ethyl adjacent to an activating group) is 1. The number of hydrogen-bond acceptors (Lipinski definition) is 5. The van der Waals surface area contributed by atoms with Crippen LogP contribution in [0.5, 0.6) is 0 Å². The predicted molar refractivity (Wildman–Crippen MR) is 128 cm³/mol. The van der Waals surface area contributed by atoms with Crippen molar-refractivity contribution in [2.45, 2.75) is 76.9 Å². The Balaban J connectivity index is 1.41. The van der Waals surface area contributed by atoms with E-state index in [0.717, 1.165) is 36.6 Å². The number of nitrogens with zero attached hydrogens (tertiary/aromatic N) is 4. The molecular weight excluding hydrogens is 414 g/mol. The lowest BCUT2D eigenvalue weighted by Crippen LogP contribution is -2.51. The summed E-state index contributed by atoms with van der Waals surface area (Å²) in [6, 6.07) is 5.97. The highest BCUT2D eigenvalue weighted by atomic mass is 16.2. The number of carbonyl (C=O) groups is 2. The van der Waals surface area contributed by atoms with Crippen molar-refractivity contribution in [1.82, 2.24) is 25.2 Å². The van der Waals surface area contributed by atoms with E-state index in [-0.39, 0.29) is 17.9 Å². The molecule has 0 spiro atoms. The minimum absolute atomic E-state index is 0.187. The average molecular weight is 450 g/mol. The Hall–Kier alpha value is -2.80. The van der Waals surface area contributed by atoms with Crippen LogP contribution in [0.3, 0.4) is 0 Å². The van der Waals surface area contributed by atoms with Gasteiger partial charge >= 0.3 is 0 Å². The number of nitrogens with one attached hydrogen (secondary N) is 1. The van der Waals surface area contributed by atoms with Crippen LogP contribution < -0.4 is 5.32 Å². The zero-order valence-electron chi connectivity index (χ0n) is 19.6. The Bertz CT molecular complexity index is 992. The third kappa shape index (κ3) is 5.96. The second-order valence-corrected chi connectivity index (χ2v) is 9.51. The molecule has 1 unspecified atom stereocenters. The molecule has 1 aliphatic carbocycles. The number of imide groups is 1. The van der Waals surface area contributed by atoms with Crippen molar-refractivity contribution in [3.05, 3.63) is 53.4 Å². The number of carbonyl (C=O) groups excluding carboxylic acids is 2. The van der Waals surface area contributed by atoms with Crippen molar-refractivity contribution >= 4 is 17.9 Å². The van der Waals surface area contributed by atoms with Crippen LogP contribution in [0.1, 0.15) is 67.3 Å². The summed E-state index contributed by atoms with van der Waals surface area (Å²) in [5, 5.41) is 11.3. The molecule has 0 radical (unpaired) electrons. The average Bonchev–Trinajstić information content (AvgIpc) is 3.26. The quantitative estimate of drug-likeness (QED) is 0.593. The number of benzene rings is 1. The van der Waals surface area contributed by atoms with E-state index in [0.29, 0.717) is 19.4 Å². The van der Waals surface area contributed by atoms with Gasteiger partial charge in [0, 0.05) is 25.7 Å². The van der Waals surface area contributed by atoms with Gasteiger partial charge in [0.05, 0.1) is 11.7 Å². The predicted octanol–water partition coefficient (Wildman–Crippen LogP) is 3.52. The number of aryl methyl sites for hydroxylation is 2. The topological polar surface area (TPSA) is 80.1 Å². The Morgan fingerprint density at radius 2 is 2.00 bits per heavy atom. The number of amides is 2. The molecule has 33 heavy (non-hydrogen) atoms. The maximum atomic E-state index is 12.3. The first-order valence-electron chi connectivity index (χ1n) is 12.2. The Morgan fingerprint density at radius 1 is 1.18 bits per heavy atom. The summed E-state index contributed by atoms with van der Waals surface area (Å²) in [5.41, 5.74) is 4.49. The van der Waals surface area contributed by atoms with Gasteiger partial charge in [0.1, 0.15) is 0 Å². The summed E-state index contributed by atoms with van der Waals surface area (Å²) in [5.74, 6) is 0.335. The maximum Gasteiger partial charge on any atom is 0.243 e. The molecule has 7 nitrogen and oxygen atoms in total. The molecule has 1 aliphatic heterocycles. The molecule has 2 amide bonds. The lowest BCUT2D eigenvalue weighted by atomic mass is 9.89. The molecule has 1 aromatic heterocycles. The number of rotatable bonds is 9. The van der Waals surface area contributed by atoms with Crippen molar-refractivity contribution < 1.29 is 9.59 Å². The molecule has 7 heteroatoms. The van der Waals surface area contributed by atoms with Crippen LogP contribution in [0.4, 0.5) is 0 Å². The van der Waals surface area contributed by atoms with Gasteiger partial charge in [-0.15, -0.1) is 5.10 Å². The zero-order chi connectivity index (χ0) is 23.2. The van der Waals surface area contributed by atoms with E-state index in [1.54, 1.807) is 0 Å². The van der Waals surface area contributed by atoms with E-state index in [1.165, 1.54) is 43.2 Å². The molecule has 4 rings (SSSR count). The first-order chi connectivity index (χ1) is 16.0. The summed E-state index contributed by atoms with van der Waals surface area (Å²) in [4.78, 5) is 25.9. The zero-order valence-corrected chi connectivity index (χ0v) is 19.6. The smallest absolute Gasteiger partial charge is 0.243 e. The van der Waals surface area contributed by atoms with Gasteiger partial charge in [-0.25, -0.2) is 0 Å². The summed E-state index contributed by atoms with van der Waals surface area (Å²) in [6.45, 7) is 5.58. The molecule has 2 heterocycles. The fourth-order valence-corrected chi connectivity index (χ4v) is 5.17. The SMILES string of the molecule is C=Cc1cccc(CCc2cn(CC3CCCCC3)nn2)c1CN(C)C1CCC(=O)NC1=O. The van der Waals surface area contributed by atoms with Crippen LogP contribution >= 0.6 is 0 Å². The lowest BCUT2D eigenvalue weighted by molar-refractivity contribution is -0.137. The molecule has 2 aromatic rings. The van der Waals surface area contributed by atoms with Gasteiger partial charge in [0.25, 0.3) is 0 Å². The molecule has 1 saturated heterocycles. The van der Waals surface area contributed by atoms with Gasteiger partial charge in [0.15, 0.2) is 0 Å². The van der Waals surface area contributed by atoms with Crippen molar-refractivity contribution in [3.63, 3.8) is 0 Å². The van der Waals surface area contributed by atoms with E-state index in [1.807, 2.05) is 22.7 Å². The number of piperidine rings is 1. The second kappa shape index (κ2) is 10.9. The number of hydrogen-bond donors (Lipinski definition) is 1. The van der Waals surface area contributed by atoms with E-state index in [9.17, 15) is 9.59 Å². The third-order valence-corrected chi connectivity index (χ3v) is 7.09. The standard InChI is InChI=1S/C26H35N5O2/c1-3-20-10-7-11-21(23(20)18-30(2)24-14-15-25(32)27-26(24)33)12-13-22-17-31(29-28-22)16-19-8-5-4-6-9-19/h3,7,10-11,17,19,24H,1,4-6,8-9,12-16,18H2,2H3,(H,27,32,33). The van der Waals surface area contributed by atoms with Gasteiger partial charge in [-0.05, 0) is 61.8 Å². The van der Waals surface area contributed by atoms with Crippen molar-refractivity contribution in [2.24, 2.45) is 5.92 Å². The van der Waals surface area contributed by atoms with Crippen molar-refractivity contribution in [3.8, 4) is 0 Å². The van der Waals surface area contributed by atoms with Crippen LogP contribution in [-0.2, 0) is 35.5 Å². The van der Waals surface area contributed by atoms with Gasteiger partial charge in [-0.3, -0.25) is 24.5 Å². The van der Waals surface area contributed by atoms with Gasteiger partial charge in [-0.2, -0.15) is 0 Å². The normalized spacial score (nSPS) is 19.6. The van der Waals surface area contributed by atoms with E-state index in [4.69, 9.17) is 0 Å². The highest BCUT2D eigenvalue weighted by Crippen LogP contribution is 2.25. The molecule has 1 saturated carbocycles. The minimum Gasteiger partial charge on any atom is -0.295 e. The van der Waals surface area contributed by atoms with E-state index < -0.39 is 0 Å². The maximum absolute atomic E-state index is 12.3. The molecule has 2 fully saturated rings. The van der Waals surface area contributed by atoms with Crippen molar-refractivity contribution in [2.75, 3.05) is 7.05 Å². The number of aromatic nitrogens is 3. The highest BCUT2D eigenvalue weighted by Gasteiger charge is 2.30. The highest BCUT2D eigenvalue weighted by molar-refractivity contribution is 6.00. The van der Waals surface area contributed by atoms with Crippen LogP contribution in [0, 0.1) is 5.92 Å². The Kier molecular flexibility index (Phi) is 7.70. The first kappa shape index (κ1) is 23.4. The van der Waals surface area contributed by atoms with Crippen LogP contribution in [0.25, 0.3) is 6.08 Å². The van der Waals surface area contributed by atoms with Crippen LogP contribution in [-0.4, -0.2) is 44.8 Å². The molecule has 1 atom stereocenters. The van der Waals surface area contributed by atoms with Crippen molar-refractivity contribution in [1.29, 1.82) is 0 Å². The summed E-state index contributed by atoms with van der Waals surface area (Å²) >= 11 is 0. The molecule has 0 bridgehead atoms. The first-order valence-corrected chi connectivity index (χ1v) is 12.2. The second-order valence-electron chi connectivity index (χ2n) is 9.51. The van der Waals surface area contributed by atoms with Gasteiger partial charge in [0.2, 0.25) is 11.8 Å². The summed E-state index contributed by atoms with van der Waals surface area (Å²) in [6.07, 6.45) is 13.2.